The van der Waals surface area contributed by atoms with Gasteiger partial charge in [-0.1, -0.05) is 13.0 Å². The average molecular weight is 449 g/mol. The Kier molecular flexibility index (Phi) is 4.93. The Bertz CT molecular complexity index is 1200. The highest BCUT2D eigenvalue weighted by Crippen LogP contribution is 2.57. The molecule has 0 atom stereocenters. The zero-order valence-electron chi connectivity index (χ0n) is 16.8. The van der Waals surface area contributed by atoms with Gasteiger partial charge in [-0.25, -0.2) is 16.8 Å². The summed E-state index contributed by atoms with van der Waals surface area (Å²) in [5.41, 5.74) is 1.14. The number of nitrogens with one attached hydrogen (secondary N) is 2. The average Bonchev–Trinajstić information content (AvgIpc) is 2.63. The summed E-state index contributed by atoms with van der Waals surface area (Å²) in [5.74, 6) is 0.345. The van der Waals surface area contributed by atoms with E-state index in [0.29, 0.717) is 5.92 Å². The molecule has 5 rings (SSSR count). The number of anilines is 1. The van der Waals surface area contributed by atoms with E-state index in [0.717, 1.165) is 24.8 Å². The van der Waals surface area contributed by atoms with Crippen LogP contribution in [0.25, 0.3) is 0 Å². The van der Waals surface area contributed by atoms with E-state index >= 15 is 0 Å². The van der Waals surface area contributed by atoms with Crippen LogP contribution < -0.4 is 10.0 Å². The highest BCUT2D eigenvalue weighted by atomic mass is 32.2. The van der Waals surface area contributed by atoms with Crippen LogP contribution in [0.15, 0.2) is 52.3 Å². The summed E-state index contributed by atoms with van der Waals surface area (Å²) in [4.78, 5) is 12.8. The van der Waals surface area contributed by atoms with Crippen LogP contribution in [0.1, 0.15) is 42.1 Å². The molecule has 9 heteroatoms. The number of benzene rings is 2. The van der Waals surface area contributed by atoms with Gasteiger partial charge in [0.25, 0.3) is 15.9 Å². The maximum Gasteiger partial charge on any atom is 0.261 e. The molecule has 0 heterocycles. The van der Waals surface area contributed by atoms with Crippen LogP contribution in [0.2, 0.25) is 0 Å². The van der Waals surface area contributed by atoms with Crippen molar-refractivity contribution >= 4 is 31.5 Å². The SMILES string of the molecule is CCS(=O)(=O)c1ccc(S(=O)(=O)Nc2cc(C)ccc2C(=O)NC23CC(C2)C3)cc1. The summed E-state index contributed by atoms with van der Waals surface area (Å²) >= 11 is 0. The van der Waals surface area contributed by atoms with Crippen molar-refractivity contribution < 1.29 is 21.6 Å². The second kappa shape index (κ2) is 7.09. The first-order valence-electron chi connectivity index (χ1n) is 9.82. The third-order valence-electron chi connectivity index (χ3n) is 5.95. The number of aryl methyl sites for hydroxylation is 1. The minimum Gasteiger partial charge on any atom is -0.347 e. The Balaban J connectivity index is 1.59. The Hall–Kier alpha value is -2.39. The second-order valence-corrected chi connectivity index (χ2v) is 12.2. The lowest BCUT2D eigenvalue weighted by molar-refractivity contribution is -0.0438. The van der Waals surface area contributed by atoms with Crippen molar-refractivity contribution in [3.8, 4) is 0 Å². The number of carbonyl (C=O) groups is 1. The molecule has 0 saturated heterocycles. The highest BCUT2D eigenvalue weighted by Gasteiger charge is 2.57. The maximum atomic E-state index is 12.9. The molecule has 2 bridgehead atoms. The van der Waals surface area contributed by atoms with Crippen molar-refractivity contribution in [2.24, 2.45) is 5.92 Å². The molecule has 1 amide bonds. The van der Waals surface area contributed by atoms with Crippen LogP contribution in [-0.2, 0) is 19.9 Å². The van der Waals surface area contributed by atoms with E-state index in [1.54, 1.807) is 18.2 Å². The fraction of sp³-hybridized carbons (Fsp3) is 0.381. The molecule has 0 unspecified atom stereocenters. The molecule has 2 N–H and O–H groups in total. The Morgan fingerprint density at radius 1 is 1.00 bits per heavy atom. The van der Waals surface area contributed by atoms with Crippen LogP contribution in [0.4, 0.5) is 5.69 Å². The molecule has 3 aliphatic rings. The number of rotatable bonds is 7. The molecule has 7 nitrogen and oxygen atoms in total. The fourth-order valence-electron chi connectivity index (χ4n) is 4.08. The summed E-state index contributed by atoms with van der Waals surface area (Å²) in [6, 6.07) is 10.1. The van der Waals surface area contributed by atoms with E-state index in [2.05, 4.69) is 10.0 Å². The quantitative estimate of drug-likeness (QED) is 0.677. The largest absolute Gasteiger partial charge is 0.347 e. The van der Waals surface area contributed by atoms with E-state index in [4.69, 9.17) is 0 Å². The van der Waals surface area contributed by atoms with Gasteiger partial charge in [0, 0.05) is 5.54 Å². The van der Waals surface area contributed by atoms with Crippen molar-refractivity contribution in [1.82, 2.24) is 5.32 Å². The van der Waals surface area contributed by atoms with Gasteiger partial charge in [-0.3, -0.25) is 9.52 Å². The second-order valence-electron chi connectivity index (χ2n) is 8.24. The maximum absolute atomic E-state index is 12.9. The van der Waals surface area contributed by atoms with Crippen LogP contribution in [-0.4, -0.2) is 34.0 Å². The summed E-state index contributed by atoms with van der Waals surface area (Å²) < 4.78 is 52.2. The third-order valence-corrected chi connectivity index (χ3v) is 9.09. The molecular formula is C21H24N2O5S2. The van der Waals surface area contributed by atoms with Crippen LogP contribution >= 0.6 is 0 Å². The summed E-state index contributed by atoms with van der Waals surface area (Å²) in [6.45, 7) is 3.34. The molecule has 2 aromatic carbocycles. The number of amides is 1. The summed E-state index contributed by atoms with van der Waals surface area (Å²) in [5, 5.41) is 3.05. The van der Waals surface area contributed by atoms with Crippen molar-refractivity contribution in [2.75, 3.05) is 10.5 Å². The predicted octanol–water partition coefficient (Wildman–Crippen LogP) is 2.87. The predicted molar refractivity (Wildman–Crippen MR) is 114 cm³/mol. The molecule has 2 aromatic rings. The highest BCUT2D eigenvalue weighted by molar-refractivity contribution is 7.92. The first-order valence-corrected chi connectivity index (χ1v) is 13.0. The Morgan fingerprint density at radius 3 is 2.13 bits per heavy atom. The molecule has 0 aliphatic heterocycles. The van der Waals surface area contributed by atoms with Gasteiger partial charge in [-0.2, -0.15) is 0 Å². The van der Waals surface area contributed by atoms with Crippen molar-refractivity contribution in [2.45, 2.75) is 48.4 Å². The van der Waals surface area contributed by atoms with Crippen molar-refractivity contribution in [1.29, 1.82) is 0 Å². The summed E-state index contributed by atoms with van der Waals surface area (Å²) in [7, 11) is -7.43. The number of hydrogen-bond acceptors (Lipinski definition) is 5. The molecule has 3 saturated carbocycles. The molecule has 0 radical (unpaired) electrons. The first kappa shape index (κ1) is 20.9. The lowest BCUT2D eigenvalue weighted by Gasteiger charge is -2.61. The van der Waals surface area contributed by atoms with E-state index in [1.807, 2.05) is 6.92 Å². The Labute approximate surface area is 176 Å². The van der Waals surface area contributed by atoms with E-state index < -0.39 is 19.9 Å². The first-order chi connectivity index (χ1) is 14.0. The third kappa shape index (κ3) is 3.72. The molecule has 0 spiro atoms. The van der Waals surface area contributed by atoms with Crippen LogP contribution in [0.3, 0.4) is 0 Å². The lowest BCUT2D eigenvalue weighted by atomic mass is 9.50. The minimum atomic E-state index is -4.01. The molecule has 30 heavy (non-hydrogen) atoms. The molecule has 3 fully saturated rings. The van der Waals surface area contributed by atoms with E-state index in [9.17, 15) is 21.6 Å². The molecule has 0 aromatic heterocycles. The fourth-order valence-corrected chi connectivity index (χ4v) is 6.03. The topological polar surface area (TPSA) is 109 Å². The van der Waals surface area contributed by atoms with Gasteiger partial charge in [0.1, 0.15) is 0 Å². The molecular weight excluding hydrogens is 424 g/mol. The smallest absolute Gasteiger partial charge is 0.261 e. The van der Waals surface area contributed by atoms with E-state index in [-0.39, 0.29) is 38.2 Å². The van der Waals surface area contributed by atoms with Crippen molar-refractivity contribution in [3.63, 3.8) is 0 Å². The van der Waals surface area contributed by atoms with Gasteiger partial charge in [0.2, 0.25) is 0 Å². The van der Waals surface area contributed by atoms with Gasteiger partial charge < -0.3 is 5.32 Å². The normalized spacial score (nSPS) is 22.5. The van der Waals surface area contributed by atoms with E-state index in [1.165, 1.54) is 31.2 Å². The zero-order valence-corrected chi connectivity index (χ0v) is 18.4. The zero-order chi connectivity index (χ0) is 21.7. The summed E-state index contributed by atoms with van der Waals surface area (Å²) in [6.07, 6.45) is 2.95. The number of sulfone groups is 1. The van der Waals surface area contributed by atoms with Gasteiger partial charge in [0.15, 0.2) is 9.84 Å². The number of sulfonamides is 1. The van der Waals surface area contributed by atoms with Crippen LogP contribution in [0, 0.1) is 12.8 Å². The standard InChI is InChI=1S/C21H24N2O5S2/c1-3-29(25,26)16-5-7-17(8-6-16)30(27,28)23-19-10-14(2)4-9-18(19)20(24)22-21-11-15(12-21)13-21/h4-10,15,23H,3,11-13H2,1-2H3,(H,22,24). The van der Waals surface area contributed by atoms with Gasteiger partial charge >= 0.3 is 0 Å². The van der Waals surface area contributed by atoms with Gasteiger partial charge in [-0.05, 0) is 74.1 Å². The minimum absolute atomic E-state index is 0.0677. The monoisotopic (exact) mass is 448 g/mol. The number of hydrogen-bond donors (Lipinski definition) is 2. The van der Waals surface area contributed by atoms with Gasteiger partial charge in [0.05, 0.1) is 26.8 Å². The number of carbonyl (C=O) groups excluding carboxylic acids is 1. The molecule has 160 valence electrons. The van der Waals surface area contributed by atoms with Crippen molar-refractivity contribution in [3.05, 3.63) is 53.6 Å². The Morgan fingerprint density at radius 2 is 1.60 bits per heavy atom. The van der Waals surface area contributed by atoms with Gasteiger partial charge in [-0.15, -0.1) is 0 Å². The molecule has 3 aliphatic carbocycles. The lowest BCUT2D eigenvalue weighted by Crippen LogP contribution is -2.68. The van der Waals surface area contributed by atoms with Crippen LogP contribution in [0.5, 0.6) is 0 Å².